The normalized spacial score (nSPS) is 16.7. The zero-order chi connectivity index (χ0) is 17.2. The lowest BCUT2D eigenvalue weighted by molar-refractivity contribution is -0.384. The third-order valence-electron chi connectivity index (χ3n) is 3.64. The molecule has 128 valence electrons. The number of nitro benzene ring substituents is 1. The predicted octanol–water partition coefficient (Wildman–Crippen LogP) is 2.95. The van der Waals surface area contributed by atoms with Crippen LogP contribution in [-0.4, -0.2) is 48.7 Å². The molecule has 0 spiro atoms. The number of hydrogen-bond acceptors (Lipinski definition) is 4. The van der Waals surface area contributed by atoms with Gasteiger partial charge in [0.2, 0.25) is 0 Å². The quantitative estimate of drug-likeness (QED) is 0.481. The maximum absolute atomic E-state index is 13.3. The van der Waals surface area contributed by atoms with Gasteiger partial charge in [-0.2, -0.15) is 13.2 Å². The van der Waals surface area contributed by atoms with Gasteiger partial charge >= 0.3 is 6.18 Å². The van der Waals surface area contributed by atoms with E-state index in [0.29, 0.717) is 6.07 Å². The van der Waals surface area contributed by atoms with Crippen molar-refractivity contribution in [3.8, 4) is 0 Å². The summed E-state index contributed by atoms with van der Waals surface area (Å²) in [7, 11) is 0. The van der Waals surface area contributed by atoms with E-state index < -0.39 is 34.8 Å². The molecule has 0 radical (unpaired) electrons. The smallest absolute Gasteiger partial charge is 0.363 e. The van der Waals surface area contributed by atoms with Crippen molar-refractivity contribution in [3.63, 3.8) is 0 Å². The Kier molecular flexibility index (Phi) is 5.03. The topological polar surface area (TPSA) is 49.6 Å². The minimum atomic E-state index is -4.24. The lowest BCUT2D eigenvalue weighted by Gasteiger charge is -2.35. The summed E-state index contributed by atoms with van der Waals surface area (Å²) >= 11 is 0. The fourth-order valence-electron chi connectivity index (χ4n) is 2.42. The number of benzene rings is 1. The first-order chi connectivity index (χ1) is 10.7. The molecular weight excluding hydrogens is 325 g/mol. The van der Waals surface area contributed by atoms with Crippen LogP contribution in [0.5, 0.6) is 0 Å². The first-order valence-corrected chi connectivity index (χ1v) is 6.85. The van der Waals surface area contributed by atoms with Gasteiger partial charge < -0.3 is 4.90 Å². The number of nitro groups is 1. The molecule has 1 heterocycles. The van der Waals surface area contributed by atoms with Gasteiger partial charge in [0.25, 0.3) is 5.69 Å². The van der Waals surface area contributed by atoms with Gasteiger partial charge in [0.15, 0.2) is 11.6 Å². The Morgan fingerprint density at radius 1 is 1.09 bits per heavy atom. The number of nitrogens with zero attached hydrogens (tertiary/aromatic N) is 3. The Morgan fingerprint density at radius 3 is 2.17 bits per heavy atom. The van der Waals surface area contributed by atoms with Crippen molar-refractivity contribution in [2.75, 3.05) is 37.6 Å². The van der Waals surface area contributed by atoms with E-state index in [4.69, 9.17) is 0 Å². The number of anilines is 1. The van der Waals surface area contributed by atoms with Crippen LogP contribution in [0.4, 0.5) is 33.3 Å². The second-order valence-electron chi connectivity index (χ2n) is 5.21. The molecular formula is C13H14F5N3O2. The van der Waals surface area contributed by atoms with E-state index in [1.165, 1.54) is 4.90 Å². The fourth-order valence-corrected chi connectivity index (χ4v) is 2.42. The summed E-state index contributed by atoms with van der Waals surface area (Å²) in [6, 6.07) is 1.26. The number of alkyl halides is 3. The van der Waals surface area contributed by atoms with Gasteiger partial charge in [-0.25, -0.2) is 8.78 Å². The van der Waals surface area contributed by atoms with Crippen molar-refractivity contribution in [1.82, 2.24) is 4.90 Å². The van der Waals surface area contributed by atoms with E-state index >= 15 is 0 Å². The van der Waals surface area contributed by atoms with Crippen molar-refractivity contribution < 1.29 is 26.9 Å². The zero-order valence-electron chi connectivity index (χ0n) is 11.9. The minimum Gasteiger partial charge on any atom is -0.363 e. The number of halogens is 5. The molecule has 0 unspecified atom stereocenters. The van der Waals surface area contributed by atoms with E-state index in [1.54, 1.807) is 4.90 Å². The van der Waals surface area contributed by atoms with Crippen LogP contribution in [0.2, 0.25) is 0 Å². The number of rotatable bonds is 4. The third kappa shape index (κ3) is 4.50. The molecule has 23 heavy (non-hydrogen) atoms. The largest absolute Gasteiger partial charge is 0.390 e. The van der Waals surface area contributed by atoms with Crippen molar-refractivity contribution in [2.45, 2.75) is 12.6 Å². The molecule has 0 amide bonds. The molecule has 2 rings (SSSR count). The van der Waals surface area contributed by atoms with E-state index in [2.05, 4.69) is 0 Å². The van der Waals surface area contributed by atoms with Crippen LogP contribution in [0.25, 0.3) is 0 Å². The summed E-state index contributed by atoms with van der Waals surface area (Å²) in [4.78, 5) is 13.2. The molecule has 10 heteroatoms. The van der Waals surface area contributed by atoms with Gasteiger partial charge in [0.05, 0.1) is 17.4 Å². The fraction of sp³-hybridized carbons (Fsp3) is 0.538. The molecule has 0 bridgehead atoms. The average molecular weight is 339 g/mol. The van der Waals surface area contributed by atoms with Gasteiger partial charge in [0.1, 0.15) is 5.69 Å². The van der Waals surface area contributed by atoms with Crippen LogP contribution in [0.1, 0.15) is 6.42 Å². The Balaban J connectivity index is 2.05. The molecule has 1 aromatic rings. The van der Waals surface area contributed by atoms with Gasteiger partial charge in [-0.1, -0.05) is 0 Å². The molecule has 1 saturated heterocycles. The maximum Gasteiger partial charge on any atom is 0.390 e. The average Bonchev–Trinajstić information content (AvgIpc) is 2.47. The van der Waals surface area contributed by atoms with Gasteiger partial charge in [-0.05, 0) is 0 Å². The lowest BCUT2D eigenvalue weighted by atomic mass is 10.2. The molecule has 0 aliphatic carbocycles. The first kappa shape index (κ1) is 17.4. The molecule has 1 aromatic carbocycles. The summed E-state index contributed by atoms with van der Waals surface area (Å²) in [5, 5.41) is 11.0. The van der Waals surface area contributed by atoms with Crippen molar-refractivity contribution in [1.29, 1.82) is 0 Å². The third-order valence-corrected chi connectivity index (χ3v) is 3.64. The Bertz CT molecular complexity index is 586. The molecule has 0 atom stereocenters. The summed E-state index contributed by atoms with van der Waals surface area (Å²) in [5.41, 5.74) is -0.628. The van der Waals surface area contributed by atoms with E-state index in [1.807, 2.05) is 0 Å². The van der Waals surface area contributed by atoms with Gasteiger partial charge in [0, 0.05) is 38.8 Å². The predicted molar refractivity (Wildman–Crippen MR) is 72.3 cm³/mol. The standard InChI is InChI=1S/C13H14F5N3O2/c14-9-7-11(12(21(22)23)8-10(9)15)20-5-3-19(4-6-20)2-1-13(16,17)18/h7-8H,1-6H2. The van der Waals surface area contributed by atoms with Crippen LogP contribution in [0.3, 0.4) is 0 Å². The molecule has 1 aliphatic rings. The van der Waals surface area contributed by atoms with Crippen LogP contribution in [0.15, 0.2) is 12.1 Å². The highest BCUT2D eigenvalue weighted by Gasteiger charge is 2.30. The van der Waals surface area contributed by atoms with Crippen LogP contribution in [0, 0.1) is 21.7 Å². The summed E-state index contributed by atoms with van der Waals surface area (Å²) in [6.07, 6.45) is -5.17. The van der Waals surface area contributed by atoms with Gasteiger partial charge in [-0.3, -0.25) is 15.0 Å². The van der Waals surface area contributed by atoms with E-state index in [0.717, 1.165) is 6.07 Å². The van der Waals surface area contributed by atoms with E-state index in [-0.39, 0.29) is 38.4 Å². The van der Waals surface area contributed by atoms with Crippen LogP contribution in [-0.2, 0) is 0 Å². The molecule has 5 nitrogen and oxygen atoms in total. The lowest BCUT2D eigenvalue weighted by Crippen LogP contribution is -2.47. The SMILES string of the molecule is O=[N+]([O-])c1cc(F)c(F)cc1N1CCN(CCC(F)(F)F)CC1. The van der Waals surface area contributed by atoms with Crippen molar-refractivity contribution in [2.24, 2.45) is 0 Å². The monoisotopic (exact) mass is 339 g/mol. The molecule has 1 fully saturated rings. The van der Waals surface area contributed by atoms with Crippen molar-refractivity contribution in [3.05, 3.63) is 33.9 Å². The molecule has 0 aromatic heterocycles. The molecule has 0 saturated carbocycles. The van der Waals surface area contributed by atoms with E-state index in [9.17, 15) is 32.1 Å². The Labute approximate surface area is 128 Å². The Morgan fingerprint density at radius 2 is 1.65 bits per heavy atom. The minimum absolute atomic E-state index is 0.0654. The highest BCUT2D eigenvalue weighted by atomic mass is 19.4. The highest BCUT2D eigenvalue weighted by molar-refractivity contribution is 5.63. The van der Waals surface area contributed by atoms with Crippen LogP contribution >= 0.6 is 0 Å². The first-order valence-electron chi connectivity index (χ1n) is 6.85. The number of hydrogen-bond donors (Lipinski definition) is 0. The second kappa shape index (κ2) is 6.65. The summed E-state index contributed by atoms with van der Waals surface area (Å²) in [6.45, 7) is 0.753. The molecule has 1 aliphatic heterocycles. The second-order valence-corrected chi connectivity index (χ2v) is 5.21. The Hall–Kier alpha value is -1.97. The summed E-state index contributed by atoms with van der Waals surface area (Å²) in [5.74, 6) is -2.52. The van der Waals surface area contributed by atoms with Crippen molar-refractivity contribution >= 4 is 11.4 Å². The number of piperazine rings is 1. The molecule has 0 N–H and O–H groups in total. The van der Waals surface area contributed by atoms with Crippen LogP contribution < -0.4 is 4.90 Å². The zero-order valence-corrected chi connectivity index (χ0v) is 11.9. The summed E-state index contributed by atoms with van der Waals surface area (Å²) < 4.78 is 63.1. The maximum atomic E-state index is 13.3. The van der Waals surface area contributed by atoms with Gasteiger partial charge in [-0.15, -0.1) is 0 Å². The highest BCUT2D eigenvalue weighted by Crippen LogP contribution is 2.31.